The first kappa shape index (κ1) is 16.4. The Morgan fingerprint density at radius 1 is 1.12 bits per heavy atom. The van der Waals surface area contributed by atoms with Gasteiger partial charge in [-0.15, -0.1) is 0 Å². The SMILES string of the molecule is COC(CN1CCN(c2ccc(C#N)nc2)CC1)c1ccccc1. The number of hydrogen-bond acceptors (Lipinski definition) is 5. The molecule has 5 nitrogen and oxygen atoms in total. The zero-order chi connectivity index (χ0) is 16.8. The van der Waals surface area contributed by atoms with Crippen LogP contribution in [0.1, 0.15) is 17.4 Å². The Balaban J connectivity index is 1.55. The van der Waals surface area contributed by atoms with Gasteiger partial charge >= 0.3 is 0 Å². The Morgan fingerprint density at radius 2 is 1.88 bits per heavy atom. The molecule has 3 rings (SSSR count). The van der Waals surface area contributed by atoms with Crippen LogP contribution in [0, 0.1) is 11.3 Å². The maximum Gasteiger partial charge on any atom is 0.140 e. The highest BCUT2D eigenvalue weighted by atomic mass is 16.5. The summed E-state index contributed by atoms with van der Waals surface area (Å²) in [7, 11) is 1.77. The van der Waals surface area contributed by atoms with Gasteiger partial charge in [-0.25, -0.2) is 4.98 Å². The molecule has 1 aromatic carbocycles. The van der Waals surface area contributed by atoms with Gasteiger partial charge < -0.3 is 9.64 Å². The van der Waals surface area contributed by atoms with Gasteiger partial charge in [0.2, 0.25) is 0 Å². The molecule has 0 amide bonds. The van der Waals surface area contributed by atoms with Crippen molar-refractivity contribution in [2.75, 3.05) is 44.7 Å². The molecule has 0 N–H and O–H groups in total. The molecule has 2 heterocycles. The molecule has 0 bridgehead atoms. The van der Waals surface area contributed by atoms with Crippen molar-refractivity contribution in [1.82, 2.24) is 9.88 Å². The van der Waals surface area contributed by atoms with Gasteiger partial charge in [0.1, 0.15) is 11.8 Å². The number of nitriles is 1. The Kier molecular flexibility index (Phi) is 5.42. The van der Waals surface area contributed by atoms with E-state index in [9.17, 15) is 0 Å². The highest BCUT2D eigenvalue weighted by Crippen LogP contribution is 2.20. The second kappa shape index (κ2) is 7.91. The molecule has 2 aromatic rings. The summed E-state index contributed by atoms with van der Waals surface area (Å²) in [6.07, 6.45) is 1.89. The largest absolute Gasteiger partial charge is 0.375 e. The van der Waals surface area contributed by atoms with E-state index >= 15 is 0 Å². The lowest BCUT2D eigenvalue weighted by atomic mass is 10.1. The van der Waals surface area contributed by atoms with Gasteiger partial charge in [0.25, 0.3) is 0 Å². The molecule has 1 fully saturated rings. The van der Waals surface area contributed by atoms with E-state index in [4.69, 9.17) is 10.00 Å². The average molecular weight is 322 g/mol. The maximum absolute atomic E-state index is 8.83. The molecule has 0 spiro atoms. The minimum absolute atomic E-state index is 0.106. The van der Waals surface area contributed by atoms with Crippen molar-refractivity contribution in [3.05, 3.63) is 59.9 Å². The van der Waals surface area contributed by atoms with E-state index in [2.05, 4.69) is 45.1 Å². The van der Waals surface area contributed by atoms with Crippen LogP contribution in [0.15, 0.2) is 48.7 Å². The lowest BCUT2D eigenvalue weighted by molar-refractivity contribution is 0.0615. The molecule has 1 aromatic heterocycles. The second-order valence-electron chi connectivity index (χ2n) is 5.94. The number of piperazine rings is 1. The maximum atomic E-state index is 8.83. The van der Waals surface area contributed by atoms with Crippen LogP contribution in [-0.2, 0) is 4.74 Å². The van der Waals surface area contributed by atoms with Gasteiger partial charge in [-0.05, 0) is 17.7 Å². The summed E-state index contributed by atoms with van der Waals surface area (Å²) in [5.41, 5.74) is 2.77. The van der Waals surface area contributed by atoms with Crippen LogP contribution in [0.5, 0.6) is 0 Å². The van der Waals surface area contributed by atoms with Gasteiger partial charge in [0.15, 0.2) is 0 Å². The van der Waals surface area contributed by atoms with Crippen molar-refractivity contribution in [1.29, 1.82) is 5.26 Å². The molecule has 0 saturated carbocycles. The van der Waals surface area contributed by atoms with Gasteiger partial charge in [0.05, 0.1) is 18.0 Å². The Bertz CT molecular complexity index is 673. The average Bonchev–Trinajstić information content (AvgIpc) is 2.67. The van der Waals surface area contributed by atoms with E-state index < -0.39 is 0 Å². The summed E-state index contributed by atoms with van der Waals surface area (Å²) >= 11 is 0. The van der Waals surface area contributed by atoms with Crippen LogP contribution in [0.4, 0.5) is 5.69 Å². The third-order valence-electron chi connectivity index (χ3n) is 4.48. The predicted octanol–water partition coefficient (Wildman–Crippen LogP) is 2.46. The first-order valence-corrected chi connectivity index (χ1v) is 8.21. The molecule has 1 aliphatic rings. The second-order valence-corrected chi connectivity index (χ2v) is 5.94. The zero-order valence-corrected chi connectivity index (χ0v) is 13.9. The third kappa shape index (κ3) is 3.91. The monoisotopic (exact) mass is 322 g/mol. The van der Waals surface area contributed by atoms with Crippen molar-refractivity contribution in [2.45, 2.75) is 6.10 Å². The fraction of sp³-hybridized carbons (Fsp3) is 0.368. The molecule has 0 aliphatic carbocycles. The normalized spacial score (nSPS) is 16.6. The highest BCUT2D eigenvalue weighted by Gasteiger charge is 2.21. The summed E-state index contributed by atoms with van der Waals surface area (Å²) in [5.74, 6) is 0. The minimum Gasteiger partial charge on any atom is -0.375 e. The van der Waals surface area contributed by atoms with Crippen molar-refractivity contribution in [3.63, 3.8) is 0 Å². The van der Waals surface area contributed by atoms with Gasteiger partial charge in [-0.2, -0.15) is 5.26 Å². The molecular weight excluding hydrogens is 300 g/mol. The number of aromatic nitrogens is 1. The van der Waals surface area contributed by atoms with Crippen LogP contribution in [0.25, 0.3) is 0 Å². The van der Waals surface area contributed by atoms with Crippen molar-refractivity contribution < 1.29 is 4.74 Å². The standard InChI is InChI=1S/C19H22N4O/c1-24-19(16-5-3-2-4-6-16)15-22-9-11-23(12-10-22)18-8-7-17(13-20)21-14-18/h2-8,14,19H,9-12,15H2,1H3. The summed E-state index contributed by atoms with van der Waals surface area (Å²) < 4.78 is 5.68. The van der Waals surface area contributed by atoms with Gasteiger partial charge in [0, 0.05) is 39.8 Å². The molecule has 5 heteroatoms. The summed E-state index contributed by atoms with van der Waals surface area (Å²) in [6.45, 7) is 4.80. The Hall–Kier alpha value is -2.42. The van der Waals surface area contributed by atoms with E-state index in [0.29, 0.717) is 5.69 Å². The number of hydrogen-bond donors (Lipinski definition) is 0. The predicted molar refractivity (Wildman–Crippen MR) is 93.8 cm³/mol. The topological polar surface area (TPSA) is 52.4 Å². The zero-order valence-electron chi connectivity index (χ0n) is 13.9. The van der Waals surface area contributed by atoms with Crippen LogP contribution in [0.3, 0.4) is 0 Å². The highest BCUT2D eigenvalue weighted by molar-refractivity contribution is 5.46. The lowest BCUT2D eigenvalue weighted by Gasteiger charge is -2.37. The number of methoxy groups -OCH3 is 1. The van der Waals surface area contributed by atoms with E-state index in [1.165, 1.54) is 5.56 Å². The number of benzene rings is 1. The number of rotatable bonds is 5. The summed E-state index contributed by atoms with van der Waals surface area (Å²) in [5, 5.41) is 8.83. The van der Waals surface area contributed by atoms with Crippen molar-refractivity contribution in [2.24, 2.45) is 0 Å². The van der Waals surface area contributed by atoms with Crippen LogP contribution >= 0.6 is 0 Å². The third-order valence-corrected chi connectivity index (χ3v) is 4.48. The molecule has 1 aliphatic heterocycles. The summed E-state index contributed by atoms with van der Waals surface area (Å²) in [6, 6.07) is 16.2. The Labute approximate surface area is 143 Å². The first-order chi connectivity index (χ1) is 11.8. The summed E-state index contributed by atoms with van der Waals surface area (Å²) in [4.78, 5) is 8.91. The van der Waals surface area contributed by atoms with Crippen LogP contribution in [0.2, 0.25) is 0 Å². The van der Waals surface area contributed by atoms with E-state index in [0.717, 1.165) is 38.4 Å². The van der Waals surface area contributed by atoms with Gasteiger partial charge in [-0.1, -0.05) is 30.3 Å². The molecule has 1 saturated heterocycles. The quantitative estimate of drug-likeness (QED) is 0.846. The smallest absolute Gasteiger partial charge is 0.140 e. The minimum atomic E-state index is 0.106. The van der Waals surface area contributed by atoms with E-state index in [-0.39, 0.29) is 6.10 Å². The Morgan fingerprint density at radius 3 is 2.46 bits per heavy atom. The van der Waals surface area contributed by atoms with Gasteiger partial charge in [-0.3, -0.25) is 4.90 Å². The fourth-order valence-corrected chi connectivity index (χ4v) is 3.05. The molecule has 124 valence electrons. The van der Waals surface area contributed by atoms with E-state index in [1.54, 1.807) is 19.4 Å². The molecule has 1 atom stereocenters. The fourth-order valence-electron chi connectivity index (χ4n) is 3.05. The molecule has 0 radical (unpaired) electrons. The van der Waals surface area contributed by atoms with Crippen molar-refractivity contribution >= 4 is 5.69 Å². The van der Waals surface area contributed by atoms with Crippen LogP contribution in [-0.4, -0.2) is 49.7 Å². The number of anilines is 1. The number of pyridine rings is 1. The van der Waals surface area contributed by atoms with E-state index in [1.807, 2.05) is 12.1 Å². The molecule has 1 unspecified atom stereocenters. The number of ether oxygens (including phenoxy) is 1. The van der Waals surface area contributed by atoms with Crippen molar-refractivity contribution in [3.8, 4) is 6.07 Å². The molecule has 24 heavy (non-hydrogen) atoms. The number of nitrogens with zero attached hydrogens (tertiary/aromatic N) is 4. The van der Waals surface area contributed by atoms with Crippen LogP contribution < -0.4 is 4.90 Å². The lowest BCUT2D eigenvalue weighted by Crippen LogP contribution is -2.47. The first-order valence-electron chi connectivity index (χ1n) is 8.21. The molecular formula is C19H22N4O.